The highest BCUT2D eigenvalue weighted by Gasteiger charge is 2.23. The molecule has 2 N–H and O–H groups in total. The van der Waals surface area contributed by atoms with Gasteiger partial charge in [-0.15, -0.1) is 0 Å². The maximum absolute atomic E-state index is 12.7. The van der Waals surface area contributed by atoms with Crippen LogP contribution < -0.4 is 14.8 Å². The molecular formula is C15H18N2O3S. The SMILES string of the molecule is COc1cccc(N(C)S(=O)(=O)c2cc(N)ccc2C)c1. The van der Waals surface area contributed by atoms with E-state index in [0.717, 1.165) is 0 Å². The summed E-state index contributed by atoms with van der Waals surface area (Å²) in [5, 5.41) is 0. The molecule has 112 valence electrons. The van der Waals surface area contributed by atoms with Crippen molar-refractivity contribution >= 4 is 21.4 Å². The molecule has 0 saturated heterocycles. The van der Waals surface area contributed by atoms with Gasteiger partial charge in [0.15, 0.2) is 0 Å². The second-order valence-electron chi connectivity index (χ2n) is 4.70. The van der Waals surface area contributed by atoms with E-state index in [1.807, 2.05) is 0 Å². The fraction of sp³-hybridized carbons (Fsp3) is 0.200. The first-order valence-electron chi connectivity index (χ1n) is 6.35. The molecule has 2 aromatic rings. The van der Waals surface area contributed by atoms with Crippen LogP contribution in [-0.2, 0) is 10.0 Å². The Bertz CT molecular complexity index is 757. The summed E-state index contributed by atoms with van der Waals surface area (Å²) in [5.41, 5.74) is 7.30. The van der Waals surface area contributed by atoms with Crippen LogP contribution in [0.3, 0.4) is 0 Å². The number of ether oxygens (including phenoxy) is 1. The quantitative estimate of drug-likeness (QED) is 0.880. The molecule has 0 bridgehead atoms. The summed E-state index contributed by atoms with van der Waals surface area (Å²) >= 11 is 0. The van der Waals surface area contributed by atoms with Gasteiger partial charge in [-0.1, -0.05) is 12.1 Å². The molecule has 0 spiro atoms. The maximum Gasteiger partial charge on any atom is 0.264 e. The Morgan fingerprint density at radius 1 is 1.14 bits per heavy atom. The Labute approximate surface area is 125 Å². The van der Waals surface area contributed by atoms with Gasteiger partial charge in [0.2, 0.25) is 0 Å². The third kappa shape index (κ3) is 2.95. The zero-order chi connectivity index (χ0) is 15.6. The van der Waals surface area contributed by atoms with Gasteiger partial charge in [-0.3, -0.25) is 4.31 Å². The topological polar surface area (TPSA) is 72.6 Å². The van der Waals surface area contributed by atoms with Gasteiger partial charge in [0.1, 0.15) is 5.75 Å². The molecule has 0 aliphatic rings. The zero-order valence-electron chi connectivity index (χ0n) is 12.2. The van der Waals surface area contributed by atoms with Crippen molar-refractivity contribution in [1.82, 2.24) is 0 Å². The minimum Gasteiger partial charge on any atom is -0.497 e. The predicted molar refractivity (Wildman–Crippen MR) is 84.2 cm³/mol. The number of hydrogen-bond donors (Lipinski definition) is 1. The number of aryl methyl sites for hydroxylation is 1. The van der Waals surface area contributed by atoms with Crippen LogP contribution in [0.2, 0.25) is 0 Å². The van der Waals surface area contributed by atoms with Crippen LogP contribution in [0.15, 0.2) is 47.4 Å². The number of rotatable bonds is 4. The lowest BCUT2D eigenvalue weighted by Crippen LogP contribution is -2.27. The molecule has 0 aromatic heterocycles. The van der Waals surface area contributed by atoms with Crippen LogP contribution in [0.25, 0.3) is 0 Å². The molecule has 6 heteroatoms. The van der Waals surface area contributed by atoms with Crippen LogP contribution in [0.5, 0.6) is 5.75 Å². The summed E-state index contributed by atoms with van der Waals surface area (Å²) in [6.07, 6.45) is 0. The van der Waals surface area contributed by atoms with E-state index < -0.39 is 10.0 Å². The maximum atomic E-state index is 12.7. The molecule has 0 radical (unpaired) electrons. The number of nitrogens with two attached hydrogens (primary N) is 1. The summed E-state index contributed by atoms with van der Waals surface area (Å²) in [4.78, 5) is 0.202. The normalized spacial score (nSPS) is 11.2. The molecule has 21 heavy (non-hydrogen) atoms. The highest BCUT2D eigenvalue weighted by atomic mass is 32.2. The van der Waals surface area contributed by atoms with Gasteiger partial charge in [0.25, 0.3) is 10.0 Å². The minimum absolute atomic E-state index is 0.202. The van der Waals surface area contributed by atoms with Gasteiger partial charge in [0, 0.05) is 18.8 Å². The standard InChI is InChI=1S/C15H18N2O3S/c1-11-7-8-12(16)9-15(11)21(18,19)17(2)13-5-4-6-14(10-13)20-3/h4-10H,16H2,1-3H3. The molecule has 0 saturated carbocycles. The highest BCUT2D eigenvalue weighted by molar-refractivity contribution is 7.92. The van der Waals surface area contributed by atoms with Crippen molar-refractivity contribution in [3.05, 3.63) is 48.0 Å². The molecule has 0 amide bonds. The van der Waals surface area contributed by atoms with Crippen molar-refractivity contribution in [3.63, 3.8) is 0 Å². The molecule has 5 nitrogen and oxygen atoms in total. The number of nitrogens with zero attached hydrogens (tertiary/aromatic N) is 1. The van der Waals surface area contributed by atoms with Gasteiger partial charge in [-0.05, 0) is 36.8 Å². The van der Waals surface area contributed by atoms with Crippen molar-refractivity contribution in [2.45, 2.75) is 11.8 Å². The fourth-order valence-electron chi connectivity index (χ4n) is 1.99. The van der Waals surface area contributed by atoms with Gasteiger partial charge < -0.3 is 10.5 Å². The lowest BCUT2D eigenvalue weighted by atomic mass is 10.2. The Hall–Kier alpha value is -2.21. The monoisotopic (exact) mass is 306 g/mol. The summed E-state index contributed by atoms with van der Waals surface area (Å²) < 4.78 is 31.8. The van der Waals surface area contributed by atoms with E-state index in [2.05, 4.69) is 0 Å². The van der Waals surface area contributed by atoms with Gasteiger partial charge in [-0.2, -0.15) is 0 Å². The number of anilines is 2. The average Bonchev–Trinajstić information content (AvgIpc) is 2.48. The third-order valence-electron chi connectivity index (χ3n) is 3.27. The zero-order valence-corrected chi connectivity index (χ0v) is 13.0. The number of methoxy groups -OCH3 is 1. The molecule has 0 fully saturated rings. The van der Waals surface area contributed by atoms with E-state index in [4.69, 9.17) is 10.5 Å². The van der Waals surface area contributed by atoms with E-state index in [9.17, 15) is 8.42 Å². The van der Waals surface area contributed by atoms with Crippen LogP contribution in [0.1, 0.15) is 5.56 Å². The molecular weight excluding hydrogens is 288 g/mol. The number of sulfonamides is 1. The molecule has 2 aromatic carbocycles. The first-order valence-corrected chi connectivity index (χ1v) is 7.79. The number of nitrogen functional groups attached to an aromatic ring is 1. The van der Waals surface area contributed by atoms with Crippen LogP contribution in [0.4, 0.5) is 11.4 Å². The Balaban J connectivity index is 2.49. The Morgan fingerprint density at radius 2 is 1.86 bits per heavy atom. The van der Waals surface area contributed by atoms with Gasteiger partial charge >= 0.3 is 0 Å². The molecule has 2 rings (SSSR count). The summed E-state index contributed by atoms with van der Waals surface area (Å²) in [5.74, 6) is 0.596. The third-order valence-corrected chi connectivity index (χ3v) is 5.20. The van der Waals surface area contributed by atoms with E-state index >= 15 is 0 Å². The average molecular weight is 306 g/mol. The largest absolute Gasteiger partial charge is 0.497 e. The van der Waals surface area contributed by atoms with Crippen molar-refractivity contribution in [1.29, 1.82) is 0 Å². The van der Waals surface area contributed by atoms with Gasteiger partial charge in [-0.25, -0.2) is 8.42 Å². The lowest BCUT2D eigenvalue weighted by molar-refractivity contribution is 0.415. The first-order chi connectivity index (χ1) is 9.86. The van der Waals surface area contributed by atoms with Crippen LogP contribution >= 0.6 is 0 Å². The summed E-state index contributed by atoms with van der Waals surface area (Å²) in [6, 6.07) is 11.7. The van der Waals surface area contributed by atoms with Crippen LogP contribution in [0, 0.1) is 6.92 Å². The van der Waals surface area contributed by atoms with Crippen molar-refractivity contribution in [2.75, 3.05) is 24.2 Å². The van der Waals surface area contributed by atoms with Crippen molar-refractivity contribution in [2.24, 2.45) is 0 Å². The van der Waals surface area contributed by atoms with E-state index in [1.165, 1.54) is 24.5 Å². The van der Waals surface area contributed by atoms with Gasteiger partial charge in [0.05, 0.1) is 17.7 Å². The van der Waals surface area contributed by atoms with E-state index in [0.29, 0.717) is 22.7 Å². The summed E-state index contributed by atoms with van der Waals surface area (Å²) in [6.45, 7) is 1.74. The second kappa shape index (κ2) is 5.65. The minimum atomic E-state index is -3.67. The first kappa shape index (κ1) is 15.2. The second-order valence-corrected chi connectivity index (χ2v) is 6.64. The predicted octanol–water partition coefficient (Wildman–Crippen LogP) is 2.41. The fourth-order valence-corrected chi connectivity index (χ4v) is 3.43. The smallest absolute Gasteiger partial charge is 0.264 e. The summed E-state index contributed by atoms with van der Waals surface area (Å²) in [7, 11) is -0.628. The Morgan fingerprint density at radius 3 is 2.52 bits per heavy atom. The van der Waals surface area contributed by atoms with Crippen molar-refractivity contribution in [3.8, 4) is 5.75 Å². The van der Waals surface area contributed by atoms with E-state index in [1.54, 1.807) is 43.3 Å². The molecule has 0 aliphatic carbocycles. The van der Waals surface area contributed by atoms with Crippen molar-refractivity contribution < 1.29 is 13.2 Å². The van der Waals surface area contributed by atoms with Crippen LogP contribution in [-0.4, -0.2) is 22.6 Å². The number of hydrogen-bond acceptors (Lipinski definition) is 4. The molecule has 0 heterocycles. The number of benzene rings is 2. The van der Waals surface area contributed by atoms with E-state index in [-0.39, 0.29) is 4.90 Å². The molecule has 0 atom stereocenters. The molecule has 0 unspecified atom stereocenters. The lowest BCUT2D eigenvalue weighted by Gasteiger charge is -2.21. The Kier molecular flexibility index (Phi) is 4.09. The molecule has 0 aliphatic heterocycles. The highest BCUT2D eigenvalue weighted by Crippen LogP contribution is 2.27.